The van der Waals surface area contributed by atoms with Gasteiger partial charge in [-0.15, -0.1) is 10.2 Å². The highest BCUT2D eigenvalue weighted by Crippen LogP contribution is 2.34. The SMILES string of the molecule is CCn1c(S/C(=C\c2ccc(-c3ccc([N+](=O)[O-])cc3Cl)o2)C(=O)O)nnc1-c1ccc(Cl)cc1. The molecule has 4 rings (SSSR count). The molecule has 0 aliphatic rings. The lowest BCUT2D eigenvalue weighted by Gasteiger charge is -2.07. The van der Waals surface area contributed by atoms with E-state index in [2.05, 4.69) is 10.2 Å². The first-order chi connectivity index (χ1) is 16.8. The van der Waals surface area contributed by atoms with Gasteiger partial charge in [0.25, 0.3) is 5.69 Å². The molecule has 9 nitrogen and oxygen atoms in total. The summed E-state index contributed by atoms with van der Waals surface area (Å²) in [4.78, 5) is 22.3. The fraction of sp³-hybridized carbons (Fsp3) is 0.0870. The van der Waals surface area contributed by atoms with Crippen LogP contribution < -0.4 is 0 Å². The van der Waals surface area contributed by atoms with Crippen molar-refractivity contribution in [1.29, 1.82) is 0 Å². The van der Waals surface area contributed by atoms with E-state index < -0.39 is 10.9 Å². The summed E-state index contributed by atoms with van der Waals surface area (Å²) in [7, 11) is 0. The van der Waals surface area contributed by atoms with Gasteiger partial charge < -0.3 is 14.1 Å². The molecule has 0 saturated carbocycles. The zero-order valence-corrected chi connectivity index (χ0v) is 20.3. The third-order valence-electron chi connectivity index (χ3n) is 4.88. The van der Waals surface area contributed by atoms with Crippen LogP contribution in [0.4, 0.5) is 5.69 Å². The first kappa shape index (κ1) is 24.5. The number of nitro groups is 1. The number of nitro benzene ring substituents is 1. The van der Waals surface area contributed by atoms with Gasteiger partial charge in [0.15, 0.2) is 11.0 Å². The van der Waals surface area contributed by atoms with Crippen LogP contribution in [0, 0.1) is 10.1 Å². The maximum Gasteiger partial charge on any atom is 0.342 e. The Morgan fingerprint density at radius 3 is 2.54 bits per heavy atom. The van der Waals surface area contributed by atoms with Crippen molar-refractivity contribution in [2.24, 2.45) is 0 Å². The zero-order chi connectivity index (χ0) is 25.1. The van der Waals surface area contributed by atoms with Crippen molar-refractivity contribution in [2.75, 3.05) is 0 Å². The topological polar surface area (TPSA) is 124 Å². The highest BCUT2D eigenvalue weighted by Gasteiger charge is 2.19. The number of carboxylic acid groups (broad SMARTS) is 1. The molecule has 0 unspecified atom stereocenters. The molecule has 0 amide bonds. The van der Waals surface area contributed by atoms with Crippen molar-refractivity contribution in [3.63, 3.8) is 0 Å². The standard InChI is InChI=1S/C23H16Cl2N4O5S/c1-2-28-21(13-3-5-14(24)6-4-13)26-27-23(28)35-20(22(30)31)12-16-8-10-19(34-16)17-9-7-15(29(32)33)11-18(17)25/h3-12H,2H2,1H3,(H,30,31)/b20-12-. The number of aliphatic carboxylic acids is 1. The molecule has 0 aliphatic heterocycles. The molecule has 0 spiro atoms. The minimum absolute atomic E-state index is 0.0366. The van der Waals surface area contributed by atoms with E-state index in [1.54, 1.807) is 28.8 Å². The minimum Gasteiger partial charge on any atom is -0.477 e. The van der Waals surface area contributed by atoms with E-state index in [-0.39, 0.29) is 21.4 Å². The van der Waals surface area contributed by atoms with E-state index in [9.17, 15) is 20.0 Å². The first-order valence-corrected chi connectivity index (χ1v) is 11.7. The van der Waals surface area contributed by atoms with Gasteiger partial charge in [-0.05, 0) is 61.2 Å². The summed E-state index contributed by atoms with van der Waals surface area (Å²) < 4.78 is 7.55. The summed E-state index contributed by atoms with van der Waals surface area (Å²) in [5, 5.41) is 30.2. The summed E-state index contributed by atoms with van der Waals surface area (Å²) in [6.07, 6.45) is 1.37. The van der Waals surface area contributed by atoms with Gasteiger partial charge in [-0.25, -0.2) is 4.79 Å². The maximum atomic E-state index is 12.0. The van der Waals surface area contributed by atoms with Crippen molar-refractivity contribution in [3.8, 4) is 22.7 Å². The van der Waals surface area contributed by atoms with Gasteiger partial charge in [0.05, 0.1) is 9.95 Å². The Hall–Kier alpha value is -3.60. The molecule has 2 aromatic carbocycles. The van der Waals surface area contributed by atoms with Crippen molar-refractivity contribution >= 4 is 52.7 Å². The number of furan rings is 1. The number of carbonyl (C=O) groups is 1. The third kappa shape index (κ3) is 5.40. The van der Waals surface area contributed by atoms with E-state index in [1.807, 2.05) is 19.1 Å². The van der Waals surface area contributed by atoms with E-state index in [1.165, 1.54) is 24.3 Å². The van der Waals surface area contributed by atoms with Gasteiger partial charge in [0.1, 0.15) is 16.4 Å². The molecule has 0 saturated heterocycles. The first-order valence-electron chi connectivity index (χ1n) is 10.1. The number of halogens is 2. The smallest absolute Gasteiger partial charge is 0.342 e. The van der Waals surface area contributed by atoms with Crippen LogP contribution >= 0.6 is 35.0 Å². The number of hydrogen-bond acceptors (Lipinski definition) is 7. The van der Waals surface area contributed by atoms with Crippen LogP contribution in [0.1, 0.15) is 12.7 Å². The van der Waals surface area contributed by atoms with Gasteiger partial charge in [-0.2, -0.15) is 0 Å². The van der Waals surface area contributed by atoms with Crippen LogP contribution in [-0.2, 0) is 11.3 Å². The van der Waals surface area contributed by atoms with Crippen LogP contribution in [0.2, 0.25) is 10.0 Å². The number of aromatic nitrogens is 3. The average molecular weight is 531 g/mol. The molecule has 0 radical (unpaired) electrons. The van der Waals surface area contributed by atoms with E-state index >= 15 is 0 Å². The molecule has 35 heavy (non-hydrogen) atoms. The van der Waals surface area contributed by atoms with Gasteiger partial charge in [0, 0.05) is 40.9 Å². The van der Waals surface area contributed by atoms with Crippen molar-refractivity contribution in [1.82, 2.24) is 14.8 Å². The Labute approximate surface area is 213 Å². The summed E-state index contributed by atoms with van der Waals surface area (Å²) in [6, 6.07) is 14.3. The molecule has 0 fully saturated rings. The molecule has 0 aliphatic carbocycles. The molecule has 2 heterocycles. The van der Waals surface area contributed by atoms with E-state index in [4.69, 9.17) is 27.6 Å². The predicted octanol–water partition coefficient (Wildman–Crippen LogP) is 6.66. The highest BCUT2D eigenvalue weighted by atomic mass is 35.5. The lowest BCUT2D eigenvalue weighted by atomic mass is 10.1. The van der Waals surface area contributed by atoms with Crippen molar-refractivity contribution < 1.29 is 19.2 Å². The number of nitrogens with zero attached hydrogens (tertiary/aromatic N) is 4. The lowest BCUT2D eigenvalue weighted by molar-refractivity contribution is -0.384. The molecule has 178 valence electrons. The lowest BCUT2D eigenvalue weighted by Crippen LogP contribution is -2.02. The number of benzene rings is 2. The number of carboxylic acids is 1. The number of thioether (sulfide) groups is 1. The maximum absolute atomic E-state index is 12.0. The van der Waals surface area contributed by atoms with Crippen LogP contribution in [0.5, 0.6) is 0 Å². The molecule has 0 atom stereocenters. The Bertz CT molecular complexity index is 1450. The normalized spacial score (nSPS) is 11.6. The van der Waals surface area contributed by atoms with Crippen LogP contribution in [0.3, 0.4) is 0 Å². The Morgan fingerprint density at radius 2 is 1.91 bits per heavy atom. The van der Waals surface area contributed by atoms with E-state index in [0.29, 0.717) is 33.9 Å². The second kappa shape index (κ2) is 10.3. The largest absolute Gasteiger partial charge is 0.477 e. The Morgan fingerprint density at radius 1 is 1.17 bits per heavy atom. The molecule has 4 aromatic rings. The number of hydrogen-bond donors (Lipinski definition) is 1. The van der Waals surface area contributed by atoms with Gasteiger partial charge in [-0.3, -0.25) is 10.1 Å². The van der Waals surface area contributed by atoms with Gasteiger partial charge in [-0.1, -0.05) is 23.2 Å². The fourth-order valence-electron chi connectivity index (χ4n) is 3.22. The average Bonchev–Trinajstić information content (AvgIpc) is 3.45. The zero-order valence-electron chi connectivity index (χ0n) is 18.0. The quantitative estimate of drug-likeness (QED) is 0.116. The molecule has 2 aromatic heterocycles. The molecule has 0 bridgehead atoms. The summed E-state index contributed by atoms with van der Waals surface area (Å²) in [5.74, 6) is 0.0250. The summed E-state index contributed by atoms with van der Waals surface area (Å²) in [5.41, 5.74) is 1.10. The fourth-order valence-corrected chi connectivity index (χ4v) is 4.48. The highest BCUT2D eigenvalue weighted by molar-refractivity contribution is 8.04. The summed E-state index contributed by atoms with van der Waals surface area (Å²) >= 11 is 13.1. The van der Waals surface area contributed by atoms with Crippen molar-refractivity contribution in [3.05, 3.63) is 85.4 Å². The monoisotopic (exact) mass is 530 g/mol. The molecule has 12 heteroatoms. The Kier molecular flexibility index (Phi) is 7.25. The van der Waals surface area contributed by atoms with Crippen LogP contribution in [0.15, 0.2) is 69.1 Å². The van der Waals surface area contributed by atoms with Gasteiger partial charge >= 0.3 is 5.97 Å². The molecular weight excluding hydrogens is 515 g/mol. The van der Waals surface area contributed by atoms with Crippen LogP contribution in [-0.4, -0.2) is 30.8 Å². The number of rotatable bonds is 8. The van der Waals surface area contributed by atoms with E-state index in [0.717, 1.165) is 17.3 Å². The third-order valence-corrected chi connectivity index (χ3v) is 6.44. The second-order valence-corrected chi connectivity index (χ2v) is 8.95. The second-order valence-electron chi connectivity index (χ2n) is 7.10. The predicted molar refractivity (Wildman–Crippen MR) is 133 cm³/mol. The molecule has 1 N–H and O–H groups in total. The van der Waals surface area contributed by atoms with Crippen molar-refractivity contribution in [2.45, 2.75) is 18.6 Å². The number of non-ortho nitro benzene ring substituents is 1. The Balaban J connectivity index is 1.62. The minimum atomic E-state index is -1.17. The van der Waals surface area contributed by atoms with Crippen LogP contribution in [0.25, 0.3) is 28.8 Å². The van der Waals surface area contributed by atoms with Gasteiger partial charge in [0.2, 0.25) is 0 Å². The summed E-state index contributed by atoms with van der Waals surface area (Å²) in [6.45, 7) is 2.42. The molecular formula is C23H16Cl2N4O5S.